The standard InChI is InChI=1S/C15H20N2O4S2/c1-10(9-21-3)16-15(18)14-8-11-7-12(5-6-13(11)22-14)17(2)23(4,19)20/h5-8,10H,9H2,1-4H3,(H,16,18). The normalized spacial score (nSPS) is 13.0. The van der Waals surface area contributed by atoms with Gasteiger partial charge < -0.3 is 10.1 Å². The minimum Gasteiger partial charge on any atom is -0.383 e. The van der Waals surface area contributed by atoms with Gasteiger partial charge in [0.25, 0.3) is 5.91 Å². The molecule has 0 fully saturated rings. The van der Waals surface area contributed by atoms with E-state index in [1.54, 1.807) is 25.3 Å². The SMILES string of the molecule is COCC(C)NC(=O)c1cc2cc(N(C)S(C)(=O)=O)ccc2s1. The Morgan fingerprint density at radius 1 is 1.39 bits per heavy atom. The number of nitrogens with one attached hydrogen (secondary N) is 1. The zero-order valence-electron chi connectivity index (χ0n) is 13.5. The van der Waals surface area contributed by atoms with Crippen LogP contribution in [0.1, 0.15) is 16.6 Å². The second-order valence-corrected chi connectivity index (χ2v) is 8.49. The maximum absolute atomic E-state index is 12.2. The lowest BCUT2D eigenvalue weighted by Gasteiger charge is -2.16. The van der Waals surface area contributed by atoms with Crippen molar-refractivity contribution in [1.82, 2.24) is 5.32 Å². The molecule has 126 valence electrons. The van der Waals surface area contributed by atoms with E-state index < -0.39 is 10.0 Å². The smallest absolute Gasteiger partial charge is 0.261 e. The largest absolute Gasteiger partial charge is 0.383 e. The number of hydrogen-bond acceptors (Lipinski definition) is 5. The molecule has 0 aliphatic carbocycles. The second-order valence-electron chi connectivity index (χ2n) is 5.39. The summed E-state index contributed by atoms with van der Waals surface area (Å²) in [5.74, 6) is -0.159. The maximum atomic E-state index is 12.2. The summed E-state index contributed by atoms with van der Waals surface area (Å²) in [7, 11) is -0.225. The average molecular weight is 356 g/mol. The number of rotatable bonds is 6. The van der Waals surface area contributed by atoms with Gasteiger partial charge in [-0.2, -0.15) is 0 Å². The first-order chi connectivity index (χ1) is 10.7. The summed E-state index contributed by atoms with van der Waals surface area (Å²) >= 11 is 1.37. The van der Waals surface area contributed by atoms with Crippen molar-refractivity contribution in [2.75, 3.05) is 31.3 Å². The van der Waals surface area contributed by atoms with Crippen molar-refractivity contribution in [3.63, 3.8) is 0 Å². The Morgan fingerprint density at radius 3 is 2.70 bits per heavy atom. The summed E-state index contributed by atoms with van der Waals surface area (Å²) in [6.45, 7) is 2.31. The number of carbonyl (C=O) groups excluding carboxylic acids is 1. The highest BCUT2D eigenvalue weighted by Crippen LogP contribution is 2.29. The van der Waals surface area contributed by atoms with Gasteiger partial charge in [-0.05, 0) is 36.6 Å². The number of hydrogen-bond donors (Lipinski definition) is 1. The first-order valence-electron chi connectivity index (χ1n) is 6.99. The average Bonchev–Trinajstić information content (AvgIpc) is 2.88. The lowest BCUT2D eigenvalue weighted by atomic mass is 10.2. The van der Waals surface area contributed by atoms with Crippen LogP contribution in [0.25, 0.3) is 10.1 Å². The summed E-state index contributed by atoms with van der Waals surface area (Å²) in [5.41, 5.74) is 0.567. The van der Waals surface area contributed by atoms with Gasteiger partial charge in [0.2, 0.25) is 10.0 Å². The van der Waals surface area contributed by atoms with E-state index in [4.69, 9.17) is 4.74 Å². The molecule has 1 N–H and O–H groups in total. The molecule has 6 nitrogen and oxygen atoms in total. The quantitative estimate of drug-likeness (QED) is 0.860. The van der Waals surface area contributed by atoms with Gasteiger partial charge in [-0.15, -0.1) is 11.3 Å². The molecule has 0 aliphatic heterocycles. The fraction of sp³-hybridized carbons (Fsp3) is 0.400. The van der Waals surface area contributed by atoms with Gasteiger partial charge in [0.15, 0.2) is 0 Å². The Labute approximate surface area is 140 Å². The lowest BCUT2D eigenvalue weighted by Crippen LogP contribution is -2.35. The summed E-state index contributed by atoms with van der Waals surface area (Å²) in [5, 5.41) is 3.70. The number of fused-ring (bicyclic) bond motifs is 1. The molecule has 0 saturated heterocycles. The fourth-order valence-electron chi connectivity index (χ4n) is 2.12. The predicted molar refractivity (Wildman–Crippen MR) is 93.9 cm³/mol. The zero-order valence-corrected chi connectivity index (χ0v) is 15.1. The molecule has 1 unspecified atom stereocenters. The summed E-state index contributed by atoms with van der Waals surface area (Å²) in [6.07, 6.45) is 1.15. The van der Waals surface area contributed by atoms with E-state index in [0.717, 1.165) is 16.3 Å². The molecular formula is C15H20N2O4S2. The fourth-order valence-corrected chi connectivity index (χ4v) is 3.56. The molecule has 1 aromatic heterocycles. The number of amides is 1. The zero-order chi connectivity index (χ0) is 17.2. The highest BCUT2D eigenvalue weighted by molar-refractivity contribution is 7.92. The van der Waals surface area contributed by atoms with Crippen molar-refractivity contribution in [3.05, 3.63) is 29.1 Å². The number of thiophene rings is 1. The van der Waals surface area contributed by atoms with Crippen molar-refractivity contribution in [2.24, 2.45) is 0 Å². The van der Waals surface area contributed by atoms with Gasteiger partial charge in [0.1, 0.15) is 0 Å². The van der Waals surface area contributed by atoms with E-state index in [0.29, 0.717) is 17.2 Å². The van der Waals surface area contributed by atoms with Crippen LogP contribution in [0.4, 0.5) is 5.69 Å². The number of sulfonamides is 1. The summed E-state index contributed by atoms with van der Waals surface area (Å²) in [6, 6.07) is 7.02. The summed E-state index contributed by atoms with van der Waals surface area (Å²) in [4.78, 5) is 12.8. The number of benzene rings is 1. The molecule has 1 amide bonds. The van der Waals surface area contributed by atoms with Crippen molar-refractivity contribution in [2.45, 2.75) is 13.0 Å². The Morgan fingerprint density at radius 2 is 2.09 bits per heavy atom. The maximum Gasteiger partial charge on any atom is 0.261 e. The number of anilines is 1. The van der Waals surface area contributed by atoms with Crippen LogP contribution < -0.4 is 9.62 Å². The van der Waals surface area contributed by atoms with Crippen molar-refractivity contribution in [3.8, 4) is 0 Å². The molecule has 23 heavy (non-hydrogen) atoms. The van der Waals surface area contributed by atoms with Gasteiger partial charge in [0.05, 0.1) is 23.4 Å². The van der Waals surface area contributed by atoms with Crippen LogP contribution in [-0.2, 0) is 14.8 Å². The molecule has 2 rings (SSSR count). The van der Waals surface area contributed by atoms with Crippen LogP contribution in [-0.4, -0.2) is 47.4 Å². The van der Waals surface area contributed by atoms with E-state index in [1.165, 1.54) is 22.7 Å². The number of nitrogens with zero attached hydrogens (tertiary/aromatic N) is 1. The van der Waals surface area contributed by atoms with Gasteiger partial charge in [-0.25, -0.2) is 8.42 Å². The van der Waals surface area contributed by atoms with Gasteiger partial charge in [-0.3, -0.25) is 9.10 Å². The first-order valence-corrected chi connectivity index (χ1v) is 9.66. The Kier molecular flexibility index (Phi) is 5.28. The van der Waals surface area contributed by atoms with Crippen molar-refractivity contribution >= 4 is 43.0 Å². The number of carbonyl (C=O) groups is 1. The summed E-state index contributed by atoms with van der Waals surface area (Å²) < 4.78 is 30.4. The van der Waals surface area contributed by atoms with Crippen molar-refractivity contribution < 1.29 is 17.9 Å². The van der Waals surface area contributed by atoms with E-state index >= 15 is 0 Å². The third-order valence-electron chi connectivity index (χ3n) is 3.38. The van der Waals surface area contributed by atoms with E-state index in [9.17, 15) is 13.2 Å². The third kappa shape index (κ3) is 4.21. The first kappa shape index (κ1) is 17.7. The minimum absolute atomic E-state index is 0.0790. The monoisotopic (exact) mass is 356 g/mol. The van der Waals surface area contributed by atoms with Gasteiger partial charge in [0, 0.05) is 24.9 Å². The lowest BCUT2D eigenvalue weighted by molar-refractivity contribution is 0.0909. The number of ether oxygens (including phenoxy) is 1. The molecule has 0 bridgehead atoms. The van der Waals surface area contributed by atoms with Crippen LogP contribution in [0.3, 0.4) is 0 Å². The van der Waals surface area contributed by atoms with Crippen LogP contribution in [0.15, 0.2) is 24.3 Å². The molecule has 1 aromatic carbocycles. The van der Waals surface area contributed by atoms with Crippen molar-refractivity contribution in [1.29, 1.82) is 0 Å². The van der Waals surface area contributed by atoms with E-state index in [1.807, 2.05) is 13.0 Å². The predicted octanol–water partition coefficient (Wildman–Crippen LogP) is 2.06. The highest BCUT2D eigenvalue weighted by Gasteiger charge is 2.16. The molecule has 0 aliphatic rings. The molecule has 1 heterocycles. The molecule has 2 aromatic rings. The molecule has 8 heteroatoms. The van der Waals surface area contributed by atoms with E-state index in [-0.39, 0.29) is 11.9 Å². The third-order valence-corrected chi connectivity index (χ3v) is 5.70. The van der Waals surface area contributed by atoms with E-state index in [2.05, 4.69) is 5.32 Å². The number of methoxy groups -OCH3 is 1. The highest BCUT2D eigenvalue weighted by atomic mass is 32.2. The molecule has 0 radical (unpaired) electrons. The topological polar surface area (TPSA) is 75.7 Å². The van der Waals surface area contributed by atoms with Crippen LogP contribution in [0, 0.1) is 0 Å². The Balaban J connectivity index is 2.27. The second kappa shape index (κ2) is 6.86. The van der Waals surface area contributed by atoms with Crippen LogP contribution in [0.2, 0.25) is 0 Å². The van der Waals surface area contributed by atoms with Gasteiger partial charge >= 0.3 is 0 Å². The van der Waals surface area contributed by atoms with Crippen LogP contribution >= 0.6 is 11.3 Å². The molecule has 0 saturated carbocycles. The molecular weight excluding hydrogens is 336 g/mol. The molecule has 0 spiro atoms. The molecule has 1 atom stereocenters. The Hall–Kier alpha value is -1.64. The van der Waals surface area contributed by atoms with Gasteiger partial charge in [-0.1, -0.05) is 0 Å². The Bertz CT molecular complexity index is 814. The minimum atomic E-state index is -3.31. The van der Waals surface area contributed by atoms with Crippen LogP contribution in [0.5, 0.6) is 0 Å².